The number of hydrogen-bond donors (Lipinski definition) is 0. The molecule has 4 heteroatoms. The average molecular weight is 287 g/mol. The summed E-state index contributed by atoms with van der Waals surface area (Å²) in [6.45, 7) is 4.88. The number of carbonyl (C=O) groups excluding carboxylic acids is 1. The van der Waals surface area contributed by atoms with Gasteiger partial charge in [-0.1, -0.05) is 6.07 Å². The van der Waals surface area contributed by atoms with Crippen molar-refractivity contribution in [1.29, 1.82) is 0 Å². The van der Waals surface area contributed by atoms with Gasteiger partial charge in [0.05, 0.1) is 22.7 Å². The molecule has 0 radical (unpaired) electrons. The molecule has 0 fully saturated rings. The third-order valence-corrected chi connectivity index (χ3v) is 2.53. The fourth-order valence-electron chi connectivity index (χ4n) is 1.20. The van der Waals surface area contributed by atoms with E-state index in [-0.39, 0.29) is 6.10 Å². The predicted octanol–water partition coefficient (Wildman–Crippen LogP) is 3.07. The Bertz CT molecular complexity index is 350. The summed E-state index contributed by atoms with van der Waals surface area (Å²) in [6.07, 6.45) is 0.969. The lowest BCUT2D eigenvalue weighted by Crippen LogP contribution is -2.12. The van der Waals surface area contributed by atoms with E-state index in [1.165, 1.54) is 0 Å². The molecule has 1 aromatic rings. The molecule has 88 valence electrons. The first kappa shape index (κ1) is 13.2. The minimum atomic E-state index is 0.188. The van der Waals surface area contributed by atoms with Crippen molar-refractivity contribution in [3.63, 3.8) is 0 Å². The first-order valence-electron chi connectivity index (χ1n) is 5.13. The fraction of sp³-hybridized carbons (Fsp3) is 0.417. The first-order valence-corrected chi connectivity index (χ1v) is 5.92. The third-order valence-electron chi connectivity index (χ3n) is 1.91. The zero-order valence-electron chi connectivity index (χ0n) is 9.40. The van der Waals surface area contributed by atoms with Gasteiger partial charge in [0, 0.05) is 0 Å². The van der Waals surface area contributed by atoms with Gasteiger partial charge in [-0.2, -0.15) is 0 Å². The van der Waals surface area contributed by atoms with E-state index >= 15 is 0 Å². The van der Waals surface area contributed by atoms with Crippen LogP contribution in [0.5, 0.6) is 5.75 Å². The molecule has 0 aliphatic carbocycles. The van der Waals surface area contributed by atoms with Crippen LogP contribution in [0.3, 0.4) is 0 Å². The maximum atomic E-state index is 10.8. The molecule has 0 aromatic heterocycles. The number of hydrogen-bond acceptors (Lipinski definition) is 3. The van der Waals surface area contributed by atoms with E-state index in [4.69, 9.17) is 9.47 Å². The van der Waals surface area contributed by atoms with Gasteiger partial charge in [-0.25, -0.2) is 0 Å². The highest BCUT2D eigenvalue weighted by Gasteiger charge is 2.07. The van der Waals surface area contributed by atoms with E-state index in [1.807, 2.05) is 19.9 Å². The zero-order chi connectivity index (χ0) is 12.0. The highest BCUT2D eigenvalue weighted by molar-refractivity contribution is 9.10. The van der Waals surface area contributed by atoms with Crippen molar-refractivity contribution < 1.29 is 14.3 Å². The summed E-state index contributed by atoms with van der Waals surface area (Å²) in [5, 5.41) is 0. The summed E-state index contributed by atoms with van der Waals surface area (Å²) in [5.74, 6) is 0.574. The highest BCUT2D eigenvalue weighted by atomic mass is 79.9. The summed E-state index contributed by atoms with van der Waals surface area (Å²) in [4.78, 5) is 10.8. The van der Waals surface area contributed by atoms with Crippen LogP contribution in [-0.2, 0) is 4.74 Å². The Labute approximate surface area is 104 Å². The lowest BCUT2D eigenvalue weighted by Gasteiger charge is -2.11. The molecule has 0 unspecified atom stereocenters. The van der Waals surface area contributed by atoms with E-state index < -0.39 is 0 Å². The molecule has 16 heavy (non-hydrogen) atoms. The molecular weight excluding hydrogens is 272 g/mol. The number of ether oxygens (including phenoxy) is 2. The molecule has 0 aliphatic heterocycles. The maximum absolute atomic E-state index is 10.8. The SMILES string of the molecule is CC(C)OCCOc1c(Br)cccc1C=O. The molecular formula is C12H15BrO3. The Morgan fingerprint density at radius 1 is 1.38 bits per heavy atom. The number of para-hydroxylation sites is 1. The summed E-state index contributed by atoms with van der Waals surface area (Å²) in [5.41, 5.74) is 0.541. The molecule has 0 aliphatic rings. The minimum Gasteiger partial charge on any atom is -0.489 e. The Morgan fingerprint density at radius 3 is 2.75 bits per heavy atom. The van der Waals surface area contributed by atoms with Crippen LogP contribution in [-0.4, -0.2) is 25.6 Å². The highest BCUT2D eigenvalue weighted by Crippen LogP contribution is 2.27. The predicted molar refractivity (Wildman–Crippen MR) is 66.1 cm³/mol. The van der Waals surface area contributed by atoms with Crippen molar-refractivity contribution >= 4 is 22.2 Å². The van der Waals surface area contributed by atoms with E-state index in [1.54, 1.807) is 12.1 Å². The molecule has 0 amide bonds. The second kappa shape index (κ2) is 6.66. The zero-order valence-corrected chi connectivity index (χ0v) is 11.0. The van der Waals surface area contributed by atoms with Crippen molar-refractivity contribution in [1.82, 2.24) is 0 Å². The molecule has 0 N–H and O–H groups in total. The molecule has 1 rings (SSSR count). The van der Waals surface area contributed by atoms with Crippen LogP contribution in [0.2, 0.25) is 0 Å². The minimum absolute atomic E-state index is 0.188. The smallest absolute Gasteiger partial charge is 0.153 e. The quantitative estimate of drug-likeness (QED) is 0.596. The van der Waals surface area contributed by atoms with Crippen LogP contribution in [0.4, 0.5) is 0 Å². The number of rotatable bonds is 6. The van der Waals surface area contributed by atoms with Gasteiger partial charge in [0.2, 0.25) is 0 Å². The van der Waals surface area contributed by atoms with Crippen molar-refractivity contribution in [3.05, 3.63) is 28.2 Å². The van der Waals surface area contributed by atoms with Gasteiger partial charge in [-0.3, -0.25) is 4.79 Å². The molecule has 0 saturated heterocycles. The van der Waals surface area contributed by atoms with Gasteiger partial charge in [0.15, 0.2) is 6.29 Å². The normalized spacial score (nSPS) is 10.5. The monoisotopic (exact) mass is 286 g/mol. The topological polar surface area (TPSA) is 35.5 Å². The largest absolute Gasteiger partial charge is 0.489 e. The second-order valence-electron chi connectivity index (χ2n) is 3.54. The number of carbonyl (C=O) groups is 1. The van der Waals surface area contributed by atoms with Crippen LogP contribution in [0, 0.1) is 0 Å². The van der Waals surface area contributed by atoms with Gasteiger partial charge < -0.3 is 9.47 Å². The maximum Gasteiger partial charge on any atom is 0.153 e. The lowest BCUT2D eigenvalue weighted by atomic mass is 10.2. The Balaban J connectivity index is 2.55. The Morgan fingerprint density at radius 2 is 2.12 bits per heavy atom. The van der Waals surface area contributed by atoms with Gasteiger partial charge in [-0.05, 0) is 41.9 Å². The number of aldehydes is 1. The molecule has 3 nitrogen and oxygen atoms in total. The van der Waals surface area contributed by atoms with E-state index in [9.17, 15) is 4.79 Å². The number of halogens is 1. The summed E-state index contributed by atoms with van der Waals surface area (Å²) in [7, 11) is 0. The van der Waals surface area contributed by atoms with Crippen LogP contribution >= 0.6 is 15.9 Å². The molecule has 0 saturated carbocycles. The van der Waals surface area contributed by atoms with Crippen LogP contribution < -0.4 is 4.74 Å². The summed E-state index contributed by atoms with van der Waals surface area (Å²) in [6, 6.07) is 5.35. The standard InChI is InChI=1S/C12H15BrO3/c1-9(2)15-6-7-16-12-10(8-14)4-3-5-11(12)13/h3-5,8-9H,6-7H2,1-2H3. The van der Waals surface area contributed by atoms with Crippen molar-refractivity contribution in [3.8, 4) is 5.75 Å². The average Bonchev–Trinajstić information content (AvgIpc) is 2.25. The molecule has 1 aromatic carbocycles. The first-order chi connectivity index (χ1) is 7.65. The molecule has 0 spiro atoms. The number of benzene rings is 1. The van der Waals surface area contributed by atoms with E-state index in [2.05, 4.69) is 15.9 Å². The third kappa shape index (κ3) is 3.94. The van der Waals surface area contributed by atoms with Crippen molar-refractivity contribution in [2.45, 2.75) is 20.0 Å². The van der Waals surface area contributed by atoms with E-state index in [0.717, 1.165) is 10.8 Å². The Hall–Kier alpha value is -0.870. The lowest BCUT2D eigenvalue weighted by molar-refractivity contribution is 0.0548. The van der Waals surface area contributed by atoms with Gasteiger partial charge >= 0.3 is 0 Å². The summed E-state index contributed by atoms with van der Waals surface area (Å²) >= 11 is 3.34. The molecule has 0 bridgehead atoms. The molecule has 0 atom stereocenters. The van der Waals surface area contributed by atoms with Crippen LogP contribution in [0.25, 0.3) is 0 Å². The fourth-order valence-corrected chi connectivity index (χ4v) is 1.69. The molecule has 0 heterocycles. The van der Waals surface area contributed by atoms with Gasteiger partial charge in [0.25, 0.3) is 0 Å². The van der Waals surface area contributed by atoms with Gasteiger partial charge in [-0.15, -0.1) is 0 Å². The van der Waals surface area contributed by atoms with Crippen LogP contribution in [0.1, 0.15) is 24.2 Å². The van der Waals surface area contributed by atoms with Crippen molar-refractivity contribution in [2.75, 3.05) is 13.2 Å². The Kier molecular flexibility index (Phi) is 5.49. The summed E-state index contributed by atoms with van der Waals surface area (Å²) < 4.78 is 11.6. The van der Waals surface area contributed by atoms with Gasteiger partial charge in [0.1, 0.15) is 12.4 Å². The van der Waals surface area contributed by atoms with Crippen LogP contribution in [0.15, 0.2) is 22.7 Å². The van der Waals surface area contributed by atoms with Crippen molar-refractivity contribution in [2.24, 2.45) is 0 Å². The second-order valence-corrected chi connectivity index (χ2v) is 4.40. The van der Waals surface area contributed by atoms with E-state index in [0.29, 0.717) is 24.5 Å².